The first-order chi connectivity index (χ1) is 6.20. The molecule has 13 heavy (non-hydrogen) atoms. The molecule has 1 rings (SSSR count). The number of nitrogens with zero attached hydrogens (tertiary/aromatic N) is 1. The van der Waals surface area contributed by atoms with E-state index in [0.29, 0.717) is 5.56 Å². The molecule has 0 N–H and O–H groups in total. The Bertz CT molecular complexity index is 363. The monoisotopic (exact) mass is 234 g/mol. The fourth-order valence-corrected chi connectivity index (χ4v) is 1.70. The Labute approximate surface area is 86.8 Å². The minimum atomic E-state index is 0.652. The van der Waals surface area contributed by atoms with E-state index in [1.807, 2.05) is 19.1 Å². The van der Waals surface area contributed by atoms with Crippen molar-refractivity contribution >= 4 is 15.9 Å². The van der Waals surface area contributed by atoms with Crippen molar-refractivity contribution in [2.24, 2.45) is 0 Å². The van der Waals surface area contributed by atoms with Crippen molar-refractivity contribution in [1.29, 1.82) is 5.26 Å². The van der Waals surface area contributed by atoms with Crippen molar-refractivity contribution < 1.29 is 0 Å². The lowest BCUT2D eigenvalue weighted by Crippen LogP contribution is -1.93. The average Bonchev–Trinajstić information content (AvgIpc) is 2.17. The Hall–Kier alpha value is -1.07. The van der Waals surface area contributed by atoms with Crippen LogP contribution in [-0.2, 0) is 0 Å². The lowest BCUT2D eigenvalue weighted by atomic mass is 10.00. The molecule has 65 valence electrons. The van der Waals surface area contributed by atoms with Crippen molar-refractivity contribution in [1.82, 2.24) is 0 Å². The van der Waals surface area contributed by atoms with Gasteiger partial charge in [0, 0.05) is 10.4 Å². The van der Waals surface area contributed by atoms with E-state index in [0.717, 1.165) is 16.0 Å². The molecule has 0 saturated carbocycles. The Balaban J connectivity index is 3.25. The van der Waals surface area contributed by atoms with Crippen LogP contribution in [0, 0.1) is 17.2 Å². The van der Waals surface area contributed by atoms with Crippen LogP contribution in [0.15, 0.2) is 35.3 Å². The summed E-state index contributed by atoms with van der Waals surface area (Å²) in [6.45, 7) is 5.66. The van der Waals surface area contributed by atoms with Crippen LogP contribution in [0.5, 0.6) is 0 Å². The number of benzene rings is 1. The number of halogens is 1. The Morgan fingerprint density at radius 2 is 2.31 bits per heavy atom. The maximum absolute atomic E-state index is 8.78. The topological polar surface area (TPSA) is 23.8 Å². The van der Waals surface area contributed by atoms with E-state index in [4.69, 9.17) is 5.26 Å². The highest BCUT2D eigenvalue weighted by molar-refractivity contribution is 9.10. The summed E-state index contributed by atoms with van der Waals surface area (Å²) in [4.78, 5) is 0. The number of allylic oxidation sites excluding steroid dienone is 1. The summed E-state index contributed by atoms with van der Waals surface area (Å²) in [5.74, 6) is 1.06. The second kappa shape index (κ2) is 4.25. The molecule has 1 nitrogen and oxygen atoms in total. The van der Waals surface area contributed by atoms with Gasteiger partial charge in [-0.1, -0.05) is 25.1 Å². The second-order valence-electron chi connectivity index (χ2n) is 2.67. The standard InChI is InChI=1S/C11H9BrN/c1-3-8(2)10-6-4-5-9(7-13)11(10)12/h3-6H,1H2,2H3. The summed E-state index contributed by atoms with van der Waals surface area (Å²) in [6.07, 6.45) is 1.78. The van der Waals surface area contributed by atoms with Gasteiger partial charge in [-0.05, 0) is 27.6 Å². The maximum Gasteiger partial charge on any atom is 0.100 e. The lowest BCUT2D eigenvalue weighted by molar-refractivity contribution is 1.23. The highest BCUT2D eigenvalue weighted by Crippen LogP contribution is 2.27. The smallest absolute Gasteiger partial charge is 0.100 e. The Morgan fingerprint density at radius 1 is 1.62 bits per heavy atom. The van der Waals surface area contributed by atoms with Crippen LogP contribution < -0.4 is 0 Å². The first-order valence-corrected chi connectivity index (χ1v) is 4.65. The molecule has 0 amide bonds. The number of hydrogen-bond acceptors (Lipinski definition) is 1. The molecule has 0 spiro atoms. The first-order valence-electron chi connectivity index (χ1n) is 3.85. The van der Waals surface area contributed by atoms with Gasteiger partial charge in [-0.25, -0.2) is 0 Å². The molecule has 0 heterocycles. The van der Waals surface area contributed by atoms with Gasteiger partial charge in [0.1, 0.15) is 6.07 Å². The molecular formula is C11H9BrN. The molecule has 1 aromatic rings. The van der Waals surface area contributed by atoms with Gasteiger partial charge in [-0.2, -0.15) is 5.26 Å². The van der Waals surface area contributed by atoms with Gasteiger partial charge in [0.2, 0.25) is 0 Å². The highest BCUT2D eigenvalue weighted by Gasteiger charge is 2.09. The molecule has 0 bridgehead atoms. The molecule has 0 aromatic heterocycles. The Morgan fingerprint density at radius 3 is 2.85 bits per heavy atom. The summed E-state index contributed by atoms with van der Waals surface area (Å²) in [7, 11) is 0. The third kappa shape index (κ3) is 1.99. The fraction of sp³-hybridized carbons (Fsp3) is 0.0909. The van der Waals surface area contributed by atoms with Gasteiger partial charge in [0.05, 0.1) is 5.56 Å². The van der Waals surface area contributed by atoms with E-state index < -0.39 is 0 Å². The van der Waals surface area contributed by atoms with Crippen molar-refractivity contribution in [3.63, 3.8) is 0 Å². The summed E-state index contributed by atoms with van der Waals surface area (Å²) in [5.41, 5.74) is 1.67. The van der Waals surface area contributed by atoms with Gasteiger partial charge in [0.25, 0.3) is 0 Å². The predicted octanol–water partition coefficient (Wildman–Crippen LogP) is 3.45. The van der Waals surface area contributed by atoms with Crippen molar-refractivity contribution in [2.45, 2.75) is 6.92 Å². The molecule has 0 unspecified atom stereocenters. The summed E-state index contributed by atoms with van der Waals surface area (Å²) < 4.78 is 0.843. The minimum Gasteiger partial charge on any atom is -0.192 e. The number of hydrogen-bond donors (Lipinski definition) is 0. The van der Waals surface area contributed by atoms with E-state index >= 15 is 0 Å². The second-order valence-corrected chi connectivity index (χ2v) is 3.46. The molecule has 2 heteroatoms. The third-order valence-electron chi connectivity index (χ3n) is 1.85. The SMILES string of the molecule is C=C[C](C)c1cccc(C#N)c1Br. The van der Waals surface area contributed by atoms with E-state index in [-0.39, 0.29) is 0 Å². The average molecular weight is 235 g/mol. The Kier molecular flexibility index (Phi) is 3.27. The molecule has 0 aliphatic rings. The normalized spacial score (nSPS) is 9.69. The molecule has 0 atom stereocenters. The summed E-state index contributed by atoms with van der Waals surface area (Å²) in [5, 5.41) is 8.78. The van der Waals surface area contributed by atoms with E-state index in [1.54, 1.807) is 12.1 Å². The highest BCUT2D eigenvalue weighted by atomic mass is 79.9. The van der Waals surface area contributed by atoms with Crippen LogP contribution in [0.3, 0.4) is 0 Å². The van der Waals surface area contributed by atoms with Crippen LogP contribution in [-0.4, -0.2) is 0 Å². The molecule has 0 saturated heterocycles. The van der Waals surface area contributed by atoms with Crippen LogP contribution in [0.4, 0.5) is 0 Å². The zero-order valence-corrected chi connectivity index (χ0v) is 8.93. The number of nitriles is 1. The van der Waals surface area contributed by atoms with E-state index in [1.165, 1.54) is 0 Å². The molecule has 1 radical (unpaired) electrons. The van der Waals surface area contributed by atoms with Gasteiger partial charge < -0.3 is 0 Å². The van der Waals surface area contributed by atoms with Gasteiger partial charge >= 0.3 is 0 Å². The van der Waals surface area contributed by atoms with Crippen molar-refractivity contribution in [3.8, 4) is 6.07 Å². The summed E-state index contributed by atoms with van der Waals surface area (Å²) >= 11 is 3.39. The van der Waals surface area contributed by atoms with Crippen LogP contribution in [0.2, 0.25) is 0 Å². The van der Waals surface area contributed by atoms with Crippen LogP contribution in [0.25, 0.3) is 0 Å². The summed E-state index contributed by atoms with van der Waals surface area (Å²) in [6, 6.07) is 7.73. The molecule has 1 aromatic carbocycles. The first kappa shape index (κ1) is 10.0. The third-order valence-corrected chi connectivity index (χ3v) is 2.70. The largest absolute Gasteiger partial charge is 0.192 e. The van der Waals surface area contributed by atoms with Crippen LogP contribution in [0.1, 0.15) is 18.1 Å². The van der Waals surface area contributed by atoms with Gasteiger partial charge in [0.15, 0.2) is 0 Å². The zero-order valence-electron chi connectivity index (χ0n) is 7.34. The predicted molar refractivity (Wildman–Crippen MR) is 57.1 cm³/mol. The maximum atomic E-state index is 8.78. The van der Waals surface area contributed by atoms with Crippen molar-refractivity contribution in [3.05, 3.63) is 52.4 Å². The van der Waals surface area contributed by atoms with Gasteiger partial charge in [-0.15, -0.1) is 6.58 Å². The quantitative estimate of drug-likeness (QED) is 0.770. The minimum absolute atomic E-state index is 0.652. The number of rotatable bonds is 2. The molecule has 0 fully saturated rings. The molecule has 0 aliphatic heterocycles. The zero-order chi connectivity index (χ0) is 9.84. The van der Waals surface area contributed by atoms with Crippen molar-refractivity contribution in [2.75, 3.05) is 0 Å². The fourth-order valence-electron chi connectivity index (χ4n) is 1.03. The van der Waals surface area contributed by atoms with Gasteiger partial charge in [-0.3, -0.25) is 0 Å². The van der Waals surface area contributed by atoms with E-state index in [2.05, 4.69) is 28.6 Å². The molecule has 0 aliphatic carbocycles. The molecular weight excluding hydrogens is 226 g/mol. The lowest BCUT2D eigenvalue weighted by Gasteiger charge is -2.08. The van der Waals surface area contributed by atoms with Crippen LogP contribution >= 0.6 is 15.9 Å². The van der Waals surface area contributed by atoms with E-state index in [9.17, 15) is 0 Å².